The predicted molar refractivity (Wildman–Crippen MR) is 76.1 cm³/mol. The van der Waals surface area contributed by atoms with Gasteiger partial charge in [0.25, 0.3) is 0 Å². The summed E-state index contributed by atoms with van der Waals surface area (Å²) in [6.45, 7) is 2.76. The van der Waals surface area contributed by atoms with Crippen molar-refractivity contribution < 1.29 is 4.74 Å². The Balaban J connectivity index is 1.85. The summed E-state index contributed by atoms with van der Waals surface area (Å²) in [5.74, 6) is 0.521. The molecule has 2 heterocycles. The van der Waals surface area contributed by atoms with Gasteiger partial charge in [0.05, 0.1) is 12.7 Å². The first kappa shape index (κ1) is 11.2. The van der Waals surface area contributed by atoms with Crippen LogP contribution in [0.4, 0.5) is 0 Å². The fourth-order valence-electron chi connectivity index (χ4n) is 3.33. The van der Waals surface area contributed by atoms with E-state index in [2.05, 4.69) is 53.8 Å². The van der Waals surface area contributed by atoms with Gasteiger partial charge in [-0.3, -0.25) is 0 Å². The van der Waals surface area contributed by atoms with Gasteiger partial charge in [0, 0.05) is 19.0 Å². The number of hydrogen-bond donors (Lipinski definition) is 1. The Bertz CT molecular complexity index is 593. The summed E-state index contributed by atoms with van der Waals surface area (Å²) in [6.07, 6.45) is 0.360. The Morgan fingerprint density at radius 1 is 0.947 bits per heavy atom. The highest BCUT2D eigenvalue weighted by molar-refractivity contribution is 5.69. The maximum Gasteiger partial charge on any atom is 0.0784 e. The van der Waals surface area contributed by atoms with E-state index < -0.39 is 0 Å². The molecule has 2 aliphatic heterocycles. The van der Waals surface area contributed by atoms with Gasteiger partial charge in [0.1, 0.15) is 0 Å². The van der Waals surface area contributed by atoms with Gasteiger partial charge in [0.15, 0.2) is 0 Å². The van der Waals surface area contributed by atoms with Crippen molar-refractivity contribution in [1.29, 1.82) is 0 Å². The highest BCUT2D eigenvalue weighted by Crippen LogP contribution is 2.38. The molecule has 0 spiro atoms. The van der Waals surface area contributed by atoms with Crippen molar-refractivity contribution in [3.8, 4) is 11.1 Å². The predicted octanol–water partition coefficient (Wildman–Crippen LogP) is 2.94. The van der Waals surface area contributed by atoms with Crippen LogP contribution in [0, 0.1) is 0 Å². The molecule has 0 amide bonds. The van der Waals surface area contributed by atoms with Crippen molar-refractivity contribution in [3.63, 3.8) is 0 Å². The number of ether oxygens (including phenoxy) is 1. The summed E-state index contributed by atoms with van der Waals surface area (Å²) >= 11 is 0. The van der Waals surface area contributed by atoms with Crippen LogP contribution < -0.4 is 5.32 Å². The SMILES string of the molecule is c1ccc(-c2cccc3c2CO[C@@H]2CNC[C@H]32)cc1. The second-order valence-electron chi connectivity index (χ2n) is 5.35. The lowest BCUT2D eigenvalue weighted by atomic mass is 9.85. The van der Waals surface area contributed by atoms with E-state index >= 15 is 0 Å². The number of benzene rings is 2. The molecule has 0 saturated carbocycles. The molecular weight excluding hydrogens is 234 g/mol. The third-order valence-corrected chi connectivity index (χ3v) is 4.30. The van der Waals surface area contributed by atoms with Gasteiger partial charge in [-0.2, -0.15) is 0 Å². The smallest absolute Gasteiger partial charge is 0.0784 e. The van der Waals surface area contributed by atoms with Gasteiger partial charge in [-0.25, -0.2) is 0 Å². The number of rotatable bonds is 1. The molecule has 0 bridgehead atoms. The molecule has 1 saturated heterocycles. The van der Waals surface area contributed by atoms with E-state index in [0.29, 0.717) is 12.0 Å². The molecule has 2 aromatic carbocycles. The molecule has 19 heavy (non-hydrogen) atoms. The van der Waals surface area contributed by atoms with Gasteiger partial charge in [-0.05, 0) is 22.3 Å². The van der Waals surface area contributed by atoms with Crippen molar-refractivity contribution in [2.75, 3.05) is 13.1 Å². The molecule has 2 aromatic rings. The number of nitrogens with one attached hydrogen (secondary N) is 1. The van der Waals surface area contributed by atoms with Crippen LogP contribution in [0.3, 0.4) is 0 Å². The minimum Gasteiger partial charge on any atom is -0.371 e. The molecule has 4 rings (SSSR count). The molecule has 2 heteroatoms. The first-order valence-corrected chi connectivity index (χ1v) is 6.93. The number of hydrogen-bond acceptors (Lipinski definition) is 2. The summed E-state index contributed by atoms with van der Waals surface area (Å²) in [7, 11) is 0. The lowest BCUT2D eigenvalue weighted by Gasteiger charge is -2.29. The van der Waals surface area contributed by atoms with E-state index in [1.165, 1.54) is 22.3 Å². The van der Waals surface area contributed by atoms with Crippen LogP contribution in [-0.4, -0.2) is 19.2 Å². The summed E-state index contributed by atoms with van der Waals surface area (Å²) in [4.78, 5) is 0. The zero-order chi connectivity index (χ0) is 12.7. The fourth-order valence-corrected chi connectivity index (χ4v) is 3.33. The van der Waals surface area contributed by atoms with Gasteiger partial charge in [-0.1, -0.05) is 48.5 Å². The van der Waals surface area contributed by atoms with Crippen LogP contribution in [0.2, 0.25) is 0 Å². The van der Waals surface area contributed by atoms with Crippen molar-refractivity contribution in [3.05, 3.63) is 59.7 Å². The Hall–Kier alpha value is -1.64. The quantitative estimate of drug-likeness (QED) is 0.841. The first-order valence-electron chi connectivity index (χ1n) is 6.93. The molecule has 0 aromatic heterocycles. The minimum atomic E-state index is 0.360. The van der Waals surface area contributed by atoms with E-state index in [1.54, 1.807) is 0 Å². The molecule has 0 aliphatic carbocycles. The molecule has 1 fully saturated rings. The van der Waals surface area contributed by atoms with Crippen molar-refractivity contribution in [2.45, 2.75) is 18.6 Å². The van der Waals surface area contributed by atoms with Gasteiger partial charge in [0.2, 0.25) is 0 Å². The summed E-state index contributed by atoms with van der Waals surface area (Å²) in [5, 5.41) is 3.44. The van der Waals surface area contributed by atoms with Crippen LogP contribution in [-0.2, 0) is 11.3 Å². The van der Waals surface area contributed by atoms with Crippen LogP contribution in [0.25, 0.3) is 11.1 Å². The van der Waals surface area contributed by atoms with Crippen LogP contribution in [0.5, 0.6) is 0 Å². The fraction of sp³-hybridized carbons (Fsp3) is 0.294. The van der Waals surface area contributed by atoms with E-state index in [9.17, 15) is 0 Å². The zero-order valence-corrected chi connectivity index (χ0v) is 10.8. The molecule has 1 N–H and O–H groups in total. The lowest BCUT2D eigenvalue weighted by molar-refractivity contribution is 0.0303. The van der Waals surface area contributed by atoms with Crippen LogP contribution >= 0.6 is 0 Å². The maximum absolute atomic E-state index is 6.03. The van der Waals surface area contributed by atoms with Crippen molar-refractivity contribution in [2.24, 2.45) is 0 Å². The van der Waals surface area contributed by atoms with E-state index in [4.69, 9.17) is 4.74 Å². The van der Waals surface area contributed by atoms with Crippen molar-refractivity contribution in [1.82, 2.24) is 5.32 Å². The highest BCUT2D eigenvalue weighted by Gasteiger charge is 2.35. The summed E-state index contributed by atoms with van der Waals surface area (Å²) < 4.78 is 6.03. The highest BCUT2D eigenvalue weighted by atomic mass is 16.5. The third-order valence-electron chi connectivity index (χ3n) is 4.30. The van der Waals surface area contributed by atoms with Crippen LogP contribution in [0.15, 0.2) is 48.5 Å². The van der Waals surface area contributed by atoms with Gasteiger partial charge < -0.3 is 10.1 Å². The summed E-state index contributed by atoms with van der Waals surface area (Å²) in [6, 6.07) is 17.3. The Kier molecular flexibility index (Phi) is 2.64. The van der Waals surface area contributed by atoms with E-state index in [1.807, 2.05) is 0 Å². The Morgan fingerprint density at radius 3 is 2.74 bits per heavy atom. The molecule has 2 atom stereocenters. The maximum atomic E-state index is 6.03. The molecule has 0 radical (unpaired) electrons. The Morgan fingerprint density at radius 2 is 1.84 bits per heavy atom. The second-order valence-corrected chi connectivity index (χ2v) is 5.35. The largest absolute Gasteiger partial charge is 0.371 e. The second kappa shape index (κ2) is 4.48. The average Bonchev–Trinajstić information content (AvgIpc) is 2.96. The van der Waals surface area contributed by atoms with Gasteiger partial charge >= 0.3 is 0 Å². The van der Waals surface area contributed by atoms with Crippen molar-refractivity contribution >= 4 is 0 Å². The third kappa shape index (κ3) is 1.79. The van der Waals surface area contributed by atoms with E-state index in [-0.39, 0.29) is 0 Å². The molecule has 2 nitrogen and oxygen atoms in total. The Labute approximate surface area is 113 Å². The normalized spacial score (nSPS) is 24.8. The molecular formula is C17H17NO. The first-order chi connectivity index (χ1) is 9.43. The molecule has 0 unspecified atom stereocenters. The zero-order valence-electron chi connectivity index (χ0n) is 10.8. The van der Waals surface area contributed by atoms with E-state index in [0.717, 1.165) is 19.7 Å². The monoisotopic (exact) mass is 251 g/mol. The van der Waals surface area contributed by atoms with Crippen LogP contribution in [0.1, 0.15) is 17.0 Å². The summed E-state index contributed by atoms with van der Waals surface area (Å²) in [5.41, 5.74) is 5.46. The standard InChI is InChI=1S/C17H17NO/c1-2-5-12(6-3-1)13-7-4-8-14-15-9-18-10-17(15)19-11-16(13)14/h1-8,15,17-18H,9-11H2/t15-,17-/m1/s1. The lowest BCUT2D eigenvalue weighted by Crippen LogP contribution is -2.27. The van der Waals surface area contributed by atoms with Gasteiger partial charge in [-0.15, -0.1) is 0 Å². The number of fused-ring (bicyclic) bond motifs is 3. The topological polar surface area (TPSA) is 21.3 Å². The molecule has 2 aliphatic rings. The molecule has 96 valence electrons. The minimum absolute atomic E-state index is 0.360. The average molecular weight is 251 g/mol.